The smallest absolute Gasteiger partial charge is 0.258 e. The molecule has 0 heterocycles. The van der Waals surface area contributed by atoms with Crippen molar-refractivity contribution in [3.63, 3.8) is 0 Å². The second kappa shape index (κ2) is 4.13. The van der Waals surface area contributed by atoms with E-state index in [0.29, 0.717) is 0 Å². The molecule has 0 unspecified atom stereocenters. The van der Waals surface area contributed by atoms with Crippen molar-refractivity contribution >= 4 is 0 Å². The van der Waals surface area contributed by atoms with Crippen LogP contribution in [0.1, 0.15) is 0 Å². The molecule has 0 fully saturated rings. The van der Waals surface area contributed by atoms with Gasteiger partial charge in [0, 0.05) is 24.3 Å². The van der Waals surface area contributed by atoms with Gasteiger partial charge in [0.25, 0.3) is 11.4 Å². The summed E-state index contributed by atoms with van der Waals surface area (Å²) in [6.45, 7) is 0. The summed E-state index contributed by atoms with van der Waals surface area (Å²) in [4.78, 5) is 19.5. The highest BCUT2D eigenvalue weighted by molar-refractivity contribution is 5.29. The third kappa shape index (κ3) is 2.37. The first kappa shape index (κ1) is 9.85. The van der Waals surface area contributed by atoms with Gasteiger partial charge in [-0.1, -0.05) is 12.2 Å². The summed E-state index contributed by atoms with van der Waals surface area (Å²) in [5, 5.41) is 20.7. The highest BCUT2D eigenvalue weighted by Crippen LogP contribution is 2.07. The van der Waals surface area contributed by atoms with Crippen molar-refractivity contribution in [3.05, 3.63) is 68.1 Å². The lowest BCUT2D eigenvalue weighted by atomic mass is 10.2. The lowest BCUT2D eigenvalue weighted by Crippen LogP contribution is -1.98. The number of allylic oxidation sites excluding steroid dienone is 6. The van der Waals surface area contributed by atoms with E-state index in [-0.39, 0.29) is 11.4 Å². The van der Waals surface area contributed by atoms with Gasteiger partial charge in [-0.15, -0.1) is 0 Å². The van der Waals surface area contributed by atoms with E-state index in [0.717, 1.165) is 12.2 Å². The Morgan fingerprint density at radius 3 is 1.50 bits per heavy atom. The van der Waals surface area contributed by atoms with Gasteiger partial charge < -0.3 is 0 Å². The first-order valence-corrected chi connectivity index (χ1v) is 3.67. The number of hydrogen-bond acceptors (Lipinski definition) is 4. The first-order chi connectivity index (χ1) is 6.61. The summed E-state index contributed by atoms with van der Waals surface area (Å²) in [7, 11) is 0. The second-order valence-corrected chi connectivity index (χ2v) is 2.42. The number of rotatable bonds is 2. The van der Waals surface area contributed by atoms with Crippen LogP contribution in [0.4, 0.5) is 0 Å². The van der Waals surface area contributed by atoms with Crippen LogP contribution in [-0.2, 0) is 0 Å². The molecule has 0 bridgehead atoms. The van der Waals surface area contributed by atoms with Crippen LogP contribution in [0.5, 0.6) is 0 Å². The zero-order valence-electron chi connectivity index (χ0n) is 6.99. The van der Waals surface area contributed by atoms with Crippen molar-refractivity contribution in [2.45, 2.75) is 0 Å². The molecule has 0 aromatic heterocycles. The predicted molar refractivity (Wildman–Crippen MR) is 48.4 cm³/mol. The Morgan fingerprint density at radius 1 is 0.857 bits per heavy atom. The van der Waals surface area contributed by atoms with E-state index in [1.807, 2.05) is 0 Å². The Kier molecular flexibility index (Phi) is 2.90. The average Bonchev–Trinajstić information content (AvgIpc) is 2.01. The maximum atomic E-state index is 10.4. The minimum atomic E-state index is -0.607. The van der Waals surface area contributed by atoms with Crippen molar-refractivity contribution in [1.29, 1.82) is 0 Å². The van der Waals surface area contributed by atoms with Crippen LogP contribution in [0, 0.1) is 20.2 Å². The molecule has 1 aliphatic carbocycles. The van der Waals surface area contributed by atoms with Crippen molar-refractivity contribution in [3.8, 4) is 0 Å². The van der Waals surface area contributed by atoms with Gasteiger partial charge in [-0.2, -0.15) is 0 Å². The van der Waals surface area contributed by atoms with E-state index in [2.05, 4.69) is 0 Å². The van der Waals surface area contributed by atoms with E-state index in [1.54, 1.807) is 0 Å². The molecule has 6 heteroatoms. The molecule has 72 valence electrons. The summed E-state index contributed by atoms with van der Waals surface area (Å²) < 4.78 is 0. The Balaban J connectivity index is 3.05. The van der Waals surface area contributed by atoms with Crippen LogP contribution in [0.2, 0.25) is 0 Å². The molecule has 0 amide bonds. The Hall–Kier alpha value is -2.24. The average molecular weight is 194 g/mol. The summed E-state index contributed by atoms with van der Waals surface area (Å²) in [5.41, 5.74) is -0.373. The fourth-order valence-corrected chi connectivity index (χ4v) is 0.834. The third-order valence-electron chi connectivity index (χ3n) is 1.49. The Bertz CT molecular complexity index is 352. The van der Waals surface area contributed by atoms with Gasteiger partial charge in [-0.3, -0.25) is 20.2 Å². The molecule has 0 saturated heterocycles. The van der Waals surface area contributed by atoms with Gasteiger partial charge >= 0.3 is 0 Å². The van der Waals surface area contributed by atoms with Gasteiger partial charge in [0.05, 0.1) is 9.85 Å². The van der Waals surface area contributed by atoms with Crippen LogP contribution < -0.4 is 0 Å². The molecule has 0 aromatic rings. The maximum absolute atomic E-state index is 10.4. The molecule has 0 atom stereocenters. The fourth-order valence-electron chi connectivity index (χ4n) is 0.834. The molecular formula is C8H6N2O4. The standard InChI is InChI=1S/C8H6N2O4/c11-9(12)7-3-1-2-4-8(6-5-7)10(13)14/h1-6H. The van der Waals surface area contributed by atoms with Crippen LogP contribution in [-0.4, -0.2) is 9.85 Å². The van der Waals surface area contributed by atoms with E-state index < -0.39 is 9.85 Å². The quantitative estimate of drug-likeness (QED) is 0.491. The molecule has 6 nitrogen and oxygen atoms in total. The molecule has 0 saturated carbocycles. The van der Waals surface area contributed by atoms with Crippen molar-refractivity contribution in [1.82, 2.24) is 0 Å². The molecule has 0 aromatic carbocycles. The van der Waals surface area contributed by atoms with E-state index in [9.17, 15) is 20.2 Å². The predicted octanol–water partition coefficient (Wildman–Crippen LogP) is 1.43. The minimum absolute atomic E-state index is 0.186. The number of hydrogen-bond donors (Lipinski definition) is 0. The largest absolute Gasteiger partial charge is 0.269 e. The summed E-state index contributed by atoms with van der Waals surface area (Å²) in [6, 6.07) is 0. The lowest BCUT2D eigenvalue weighted by Gasteiger charge is -1.92. The summed E-state index contributed by atoms with van der Waals surface area (Å²) in [6.07, 6.45) is 7.49. The topological polar surface area (TPSA) is 86.3 Å². The molecule has 0 aliphatic heterocycles. The Morgan fingerprint density at radius 2 is 1.21 bits per heavy atom. The van der Waals surface area contributed by atoms with Crippen molar-refractivity contribution in [2.24, 2.45) is 0 Å². The van der Waals surface area contributed by atoms with Crippen molar-refractivity contribution < 1.29 is 9.85 Å². The van der Waals surface area contributed by atoms with Crippen LogP contribution in [0.15, 0.2) is 47.9 Å². The molecule has 1 aliphatic rings. The van der Waals surface area contributed by atoms with Crippen LogP contribution >= 0.6 is 0 Å². The third-order valence-corrected chi connectivity index (χ3v) is 1.49. The van der Waals surface area contributed by atoms with E-state index in [4.69, 9.17) is 0 Å². The van der Waals surface area contributed by atoms with Gasteiger partial charge in [0.1, 0.15) is 0 Å². The van der Waals surface area contributed by atoms with Crippen molar-refractivity contribution in [2.75, 3.05) is 0 Å². The first-order valence-electron chi connectivity index (χ1n) is 3.67. The van der Waals surface area contributed by atoms with Gasteiger partial charge in [0.2, 0.25) is 0 Å². The highest BCUT2D eigenvalue weighted by atomic mass is 16.6. The highest BCUT2D eigenvalue weighted by Gasteiger charge is 2.09. The summed E-state index contributed by atoms with van der Waals surface area (Å²) in [5.74, 6) is 0. The fraction of sp³-hybridized carbons (Fsp3) is 0. The Labute approximate surface area is 78.8 Å². The molecule has 1 rings (SSSR count). The molecule has 0 radical (unpaired) electrons. The van der Waals surface area contributed by atoms with Gasteiger partial charge in [0.15, 0.2) is 0 Å². The number of nitro groups is 2. The summed E-state index contributed by atoms with van der Waals surface area (Å²) >= 11 is 0. The SMILES string of the molecule is O=[N+]([O-])C1=CC=C([N+](=O)[O-])C=CC=C1. The zero-order chi connectivity index (χ0) is 10.6. The molecule has 14 heavy (non-hydrogen) atoms. The maximum Gasteiger partial charge on any atom is 0.269 e. The molecule has 0 N–H and O–H groups in total. The lowest BCUT2D eigenvalue weighted by molar-refractivity contribution is -0.421. The van der Waals surface area contributed by atoms with Gasteiger partial charge in [-0.05, 0) is 0 Å². The van der Waals surface area contributed by atoms with E-state index >= 15 is 0 Å². The number of nitrogens with zero attached hydrogens (tertiary/aromatic N) is 2. The van der Waals surface area contributed by atoms with E-state index in [1.165, 1.54) is 24.3 Å². The zero-order valence-corrected chi connectivity index (χ0v) is 6.99. The van der Waals surface area contributed by atoms with Crippen LogP contribution in [0.3, 0.4) is 0 Å². The van der Waals surface area contributed by atoms with Crippen LogP contribution in [0.25, 0.3) is 0 Å². The second-order valence-electron chi connectivity index (χ2n) is 2.42. The normalized spacial score (nSPS) is 15.1. The molecular weight excluding hydrogens is 188 g/mol. The van der Waals surface area contributed by atoms with Gasteiger partial charge in [-0.25, -0.2) is 0 Å². The monoisotopic (exact) mass is 194 g/mol. The molecule has 0 spiro atoms. The minimum Gasteiger partial charge on any atom is -0.258 e.